The van der Waals surface area contributed by atoms with E-state index in [9.17, 15) is 39.0 Å². The lowest BCUT2D eigenvalue weighted by Gasteiger charge is -2.25. The van der Waals surface area contributed by atoms with Crippen molar-refractivity contribution in [1.82, 2.24) is 0 Å². The van der Waals surface area contributed by atoms with Gasteiger partial charge in [-0.25, -0.2) is 19.4 Å². The number of amides is 4. The number of rotatable bonds is 4. The molecule has 11 heteroatoms. The molecule has 0 aliphatic carbocycles. The molecule has 4 amide bonds. The number of carbonyl (C=O) groups is 6. The molecule has 4 N–H and O–H groups in total. The van der Waals surface area contributed by atoms with Gasteiger partial charge in [-0.15, -0.1) is 0 Å². The quantitative estimate of drug-likeness (QED) is 0.482. The lowest BCUT2D eigenvalue weighted by molar-refractivity contribution is -0.122. The number of aromatic carboxylic acids is 2. The zero-order valence-electron chi connectivity index (χ0n) is 13.7. The van der Waals surface area contributed by atoms with Crippen LogP contribution < -0.4 is 15.5 Å². The molecule has 2 heterocycles. The van der Waals surface area contributed by atoms with Crippen molar-refractivity contribution in [3.8, 4) is 0 Å². The lowest BCUT2D eigenvalue weighted by Crippen LogP contribution is -2.35. The Labute approximate surface area is 150 Å². The SMILES string of the molecule is Nc1c(N2C(=O)CCC2=O)c(C(=O)O)cc(C(=O)O)c1N1C(=O)CCC1=O. The molecule has 2 fully saturated rings. The van der Waals surface area contributed by atoms with Gasteiger partial charge in [0.2, 0.25) is 23.6 Å². The standard InChI is InChI=1S/C16H13N3O8/c17-12-13(18-8(20)1-2-9(18)21)6(15(24)25)5-7(16(26)27)14(12)19-10(22)3-4-11(19)23/h5H,1-4,17H2,(H,24,25)(H,26,27). The number of carbonyl (C=O) groups excluding carboxylic acids is 4. The van der Waals surface area contributed by atoms with Crippen LogP contribution in [0.4, 0.5) is 17.1 Å². The topological polar surface area (TPSA) is 175 Å². The fraction of sp³-hybridized carbons (Fsp3) is 0.250. The Morgan fingerprint density at radius 1 is 0.741 bits per heavy atom. The molecule has 0 aromatic heterocycles. The van der Waals surface area contributed by atoms with Crippen molar-refractivity contribution in [3.05, 3.63) is 17.2 Å². The average Bonchev–Trinajstić information content (AvgIpc) is 3.09. The highest BCUT2D eigenvalue weighted by Gasteiger charge is 2.41. The van der Waals surface area contributed by atoms with Crippen LogP contribution in [0.25, 0.3) is 0 Å². The van der Waals surface area contributed by atoms with Gasteiger partial charge >= 0.3 is 11.9 Å². The van der Waals surface area contributed by atoms with E-state index in [4.69, 9.17) is 5.73 Å². The fourth-order valence-corrected chi connectivity index (χ4v) is 3.14. The number of hydrogen-bond donors (Lipinski definition) is 3. The van der Waals surface area contributed by atoms with Gasteiger partial charge in [-0.2, -0.15) is 0 Å². The molecule has 1 aromatic carbocycles. The molecular formula is C16H13N3O8. The second kappa shape index (κ2) is 6.20. The Bertz CT molecular complexity index is 847. The molecule has 11 nitrogen and oxygen atoms in total. The maximum Gasteiger partial charge on any atom is 0.337 e. The van der Waals surface area contributed by atoms with Crippen molar-refractivity contribution in [3.63, 3.8) is 0 Å². The molecule has 0 bridgehead atoms. The van der Waals surface area contributed by atoms with Crippen LogP contribution in [-0.4, -0.2) is 45.8 Å². The van der Waals surface area contributed by atoms with E-state index in [1.54, 1.807) is 0 Å². The van der Waals surface area contributed by atoms with Crippen molar-refractivity contribution in [2.45, 2.75) is 25.7 Å². The lowest BCUT2D eigenvalue weighted by atomic mass is 10.0. The minimum absolute atomic E-state index is 0.172. The number of anilines is 3. The van der Waals surface area contributed by atoms with Crippen molar-refractivity contribution in [1.29, 1.82) is 0 Å². The highest BCUT2D eigenvalue weighted by atomic mass is 16.4. The smallest absolute Gasteiger partial charge is 0.337 e. The number of hydrogen-bond acceptors (Lipinski definition) is 7. The van der Waals surface area contributed by atoms with Crippen LogP contribution in [0.2, 0.25) is 0 Å². The first-order valence-electron chi connectivity index (χ1n) is 7.79. The van der Waals surface area contributed by atoms with Crippen LogP contribution in [0.3, 0.4) is 0 Å². The Kier molecular flexibility index (Phi) is 4.14. The zero-order chi connectivity index (χ0) is 20.0. The van der Waals surface area contributed by atoms with Crippen LogP contribution in [0.1, 0.15) is 46.4 Å². The van der Waals surface area contributed by atoms with E-state index in [0.29, 0.717) is 15.9 Å². The summed E-state index contributed by atoms with van der Waals surface area (Å²) in [5.74, 6) is -6.14. The normalized spacial score (nSPS) is 17.2. The minimum atomic E-state index is -1.63. The number of benzene rings is 1. The summed E-state index contributed by atoms with van der Waals surface area (Å²) in [6.07, 6.45) is -0.687. The second-order valence-corrected chi connectivity index (χ2v) is 5.94. The van der Waals surface area contributed by atoms with E-state index in [1.165, 1.54) is 0 Å². The molecule has 2 aliphatic heterocycles. The molecule has 0 unspecified atom stereocenters. The van der Waals surface area contributed by atoms with Gasteiger partial charge in [0, 0.05) is 25.7 Å². The summed E-state index contributed by atoms with van der Waals surface area (Å²) in [5, 5.41) is 18.9. The maximum absolute atomic E-state index is 12.1. The van der Waals surface area contributed by atoms with Gasteiger partial charge in [0.05, 0.1) is 28.2 Å². The van der Waals surface area contributed by atoms with Gasteiger partial charge in [0.1, 0.15) is 0 Å². The monoisotopic (exact) mass is 375 g/mol. The van der Waals surface area contributed by atoms with Crippen molar-refractivity contribution < 1.29 is 39.0 Å². The molecule has 0 atom stereocenters. The number of carboxylic acids is 2. The first-order valence-corrected chi connectivity index (χ1v) is 7.79. The van der Waals surface area contributed by atoms with E-state index in [0.717, 1.165) is 0 Å². The van der Waals surface area contributed by atoms with Gasteiger partial charge in [-0.05, 0) is 6.07 Å². The number of imide groups is 2. The van der Waals surface area contributed by atoms with E-state index in [2.05, 4.69) is 0 Å². The first-order chi connectivity index (χ1) is 12.6. The van der Waals surface area contributed by atoms with Crippen molar-refractivity contribution in [2.75, 3.05) is 15.5 Å². The number of nitrogen functional groups attached to an aromatic ring is 1. The van der Waals surface area contributed by atoms with E-state index >= 15 is 0 Å². The molecule has 140 valence electrons. The van der Waals surface area contributed by atoms with E-state index in [-0.39, 0.29) is 25.7 Å². The predicted molar refractivity (Wildman–Crippen MR) is 88.2 cm³/mol. The minimum Gasteiger partial charge on any atom is -0.478 e. The highest BCUT2D eigenvalue weighted by Crippen LogP contribution is 2.43. The van der Waals surface area contributed by atoms with Gasteiger partial charge in [-0.1, -0.05) is 0 Å². The largest absolute Gasteiger partial charge is 0.478 e. The molecule has 0 saturated carbocycles. The van der Waals surface area contributed by atoms with Crippen LogP contribution >= 0.6 is 0 Å². The molecule has 2 saturated heterocycles. The molecular weight excluding hydrogens is 362 g/mol. The summed E-state index contributed by atoms with van der Waals surface area (Å²) in [6, 6.07) is 0.684. The van der Waals surface area contributed by atoms with Crippen LogP contribution in [-0.2, 0) is 19.2 Å². The average molecular weight is 375 g/mol. The third-order valence-electron chi connectivity index (χ3n) is 4.32. The maximum atomic E-state index is 12.1. The number of nitrogens with two attached hydrogens (primary N) is 1. The summed E-state index contributed by atoms with van der Waals surface area (Å²) >= 11 is 0. The molecule has 3 rings (SSSR count). The number of carboxylic acid groups (broad SMARTS) is 2. The third-order valence-corrected chi connectivity index (χ3v) is 4.32. The Hall–Kier alpha value is -3.76. The highest BCUT2D eigenvalue weighted by molar-refractivity contribution is 6.28. The molecule has 1 aromatic rings. The summed E-state index contributed by atoms with van der Waals surface area (Å²) in [5.41, 5.74) is 2.86. The van der Waals surface area contributed by atoms with Crippen molar-refractivity contribution >= 4 is 52.6 Å². The fourth-order valence-electron chi connectivity index (χ4n) is 3.14. The van der Waals surface area contributed by atoms with E-state index < -0.39 is 63.8 Å². The van der Waals surface area contributed by atoms with Crippen LogP contribution in [0, 0.1) is 0 Å². The molecule has 0 radical (unpaired) electrons. The van der Waals surface area contributed by atoms with Crippen molar-refractivity contribution in [2.24, 2.45) is 0 Å². The molecule has 27 heavy (non-hydrogen) atoms. The molecule has 2 aliphatic rings. The van der Waals surface area contributed by atoms with E-state index in [1.807, 2.05) is 0 Å². The Morgan fingerprint density at radius 3 is 1.30 bits per heavy atom. The summed E-state index contributed by atoms with van der Waals surface area (Å²) in [7, 11) is 0. The zero-order valence-corrected chi connectivity index (χ0v) is 13.7. The molecule has 0 spiro atoms. The summed E-state index contributed by atoms with van der Waals surface area (Å²) in [6.45, 7) is 0. The predicted octanol–water partition coefficient (Wildman–Crippen LogP) is -0.0280. The van der Waals surface area contributed by atoms with Crippen LogP contribution in [0.5, 0.6) is 0 Å². The van der Waals surface area contributed by atoms with Gasteiger partial charge in [0.25, 0.3) is 0 Å². The van der Waals surface area contributed by atoms with Gasteiger partial charge < -0.3 is 15.9 Å². The summed E-state index contributed by atoms with van der Waals surface area (Å²) < 4.78 is 0. The van der Waals surface area contributed by atoms with Gasteiger partial charge in [0.15, 0.2) is 0 Å². The second-order valence-electron chi connectivity index (χ2n) is 5.94. The van der Waals surface area contributed by atoms with Gasteiger partial charge in [-0.3, -0.25) is 19.2 Å². The van der Waals surface area contributed by atoms with Crippen LogP contribution in [0.15, 0.2) is 6.07 Å². The Morgan fingerprint density at radius 2 is 1.04 bits per heavy atom. The Balaban J connectivity index is 2.38. The third kappa shape index (κ3) is 2.69. The summed E-state index contributed by atoms with van der Waals surface area (Å²) in [4.78, 5) is 72.7. The number of nitrogens with zero attached hydrogens (tertiary/aromatic N) is 2. The first kappa shape index (κ1) is 18.0.